The normalized spacial score (nSPS) is 13.6. The van der Waals surface area contributed by atoms with Crippen LogP contribution in [0.25, 0.3) is 5.70 Å². The van der Waals surface area contributed by atoms with Gasteiger partial charge in [-0.25, -0.2) is 5.01 Å². The van der Waals surface area contributed by atoms with E-state index < -0.39 is 0 Å². The Morgan fingerprint density at radius 3 is 2.59 bits per heavy atom. The van der Waals surface area contributed by atoms with Crippen molar-refractivity contribution in [1.29, 1.82) is 0 Å². The number of benzene rings is 2. The topological polar surface area (TPSA) is 70.7 Å². The van der Waals surface area contributed by atoms with Crippen molar-refractivity contribution in [2.75, 3.05) is 20.2 Å². The Morgan fingerprint density at radius 2 is 1.89 bits per heavy atom. The number of hydrazine groups is 1. The molecular formula is C21H23N3O3. The summed E-state index contributed by atoms with van der Waals surface area (Å²) < 4.78 is 5.16. The van der Waals surface area contributed by atoms with E-state index in [0.29, 0.717) is 6.54 Å². The Bertz CT molecular complexity index is 816. The maximum atomic E-state index is 12.2. The highest BCUT2D eigenvalue weighted by Gasteiger charge is 2.22. The molecule has 1 heterocycles. The van der Waals surface area contributed by atoms with Crippen LogP contribution in [0.2, 0.25) is 0 Å². The second-order valence-electron chi connectivity index (χ2n) is 6.23. The Balaban J connectivity index is 1.52. The minimum atomic E-state index is -0.192. The molecule has 2 aromatic carbocycles. The number of amides is 2. The number of carbonyl (C=O) groups is 2. The number of hydrogen-bond donors (Lipinski definition) is 2. The maximum Gasteiger partial charge on any atom is 0.245 e. The second-order valence-corrected chi connectivity index (χ2v) is 6.23. The molecule has 0 bridgehead atoms. The monoisotopic (exact) mass is 365 g/mol. The van der Waals surface area contributed by atoms with E-state index in [1.54, 1.807) is 7.11 Å². The standard InChI is InChI=1S/C21H23N3O3/c1-27-18-9-7-17(8-10-18)19-11-12-21(26)24(23-19)15-20(25)22-14-13-16-5-3-2-4-6-16/h2-11,23H,12-15H2,1H3,(H,22,25). The number of nitrogens with one attached hydrogen (secondary N) is 2. The molecule has 27 heavy (non-hydrogen) atoms. The van der Waals surface area contributed by atoms with Crippen LogP contribution in [0.3, 0.4) is 0 Å². The van der Waals surface area contributed by atoms with Crippen LogP contribution < -0.4 is 15.5 Å². The molecule has 6 nitrogen and oxygen atoms in total. The molecule has 0 atom stereocenters. The fourth-order valence-corrected chi connectivity index (χ4v) is 2.82. The summed E-state index contributed by atoms with van der Waals surface area (Å²) in [6, 6.07) is 17.5. The SMILES string of the molecule is COc1ccc(C2=CCC(=O)N(CC(=O)NCCc3ccccc3)N2)cc1. The fraction of sp³-hybridized carbons (Fsp3) is 0.238. The molecule has 3 rings (SSSR count). The third kappa shape index (κ3) is 5.10. The average Bonchev–Trinajstić information content (AvgIpc) is 2.70. The first-order valence-corrected chi connectivity index (χ1v) is 8.88. The fourth-order valence-electron chi connectivity index (χ4n) is 2.82. The van der Waals surface area contributed by atoms with Crippen LogP contribution in [0.15, 0.2) is 60.7 Å². The van der Waals surface area contributed by atoms with Crippen molar-refractivity contribution in [3.05, 3.63) is 71.8 Å². The van der Waals surface area contributed by atoms with Gasteiger partial charge in [-0.15, -0.1) is 0 Å². The molecule has 0 spiro atoms. The van der Waals surface area contributed by atoms with Gasteiger partial charge in [0.25, 0.3) is 0 Å². The minimum absolute atomic E-state index is 0.0267. The Kier molecular flexibility index (Phi) is 6.10. The Hall–Kier alpha value is -3.28. The summed E-state index contributed by atoms with van der Waals surface area (Å²) in [4.78, 5) is 24.3. The van der Waals surface area contributed by atoms with Crippen LogP contribution in [0.4, 0.5) is 0 Å². The third-order valence-corrected chi connectivity index (χ3v) is 4.32. The van der Waals surface area contributed by atoms with Crippen molar-refractivity contribution in [2.24, 2.45) is 0 Å². The highest BCUT2D eigenvalue weighted by Crippen LogP contribution is 2.20. The molecule has 2 N–H and O–H groups in total. The molecule has 0 aromatic heterocycles. The van der Waals surface area contributed by atoms with Crippen molar-refractivity contribution in [1.82, 2.24) is 15.8 Å². The zero-order chi connectivity index (χ0) is 19.1. The molecule has 0 aliphatic carbocycles. The highest BCUT2D eigenvalue weighted by atomic mass is 16.5. The molecule has 0 fully saturated rings. The lowest BCUT2D eigenvalue weighted by Crippen LogP contribution is -2.49. The predicted octanol–water partition coefficient (Wildman–Crippen LogP) is 2.13. The lowest BCUT2D eigenvalue weighted by atomic mass is 10.1. The largest absolute Gasteiger partial charge is 0.497 e. The van der Waals surface area contributed by atoms with Crippen LogP contribution >= 0.6 is 0 Å². The molecule has 2 aromatic rings. The number of nitrogens with zero attached hydrogens (tertiary/aromatic N) is 1. The number of carbonyl (C=O) groups excluding carboxylic acids is 2. The number of hydrogen-bond acceptors (Lipinski definition) is 4. The van der Waals surface area contributed by atoms with Crippen LogP contribution in [0.5, 0.6) is 5.75 Å². The van der Waals surface area contributed by atoms with Gasteiger partial charge in [-0.1, -0.05) is 30.3 Å². The molecule has 140 valence electrons. The van der Waals surface area contributed by atoms with Gasteiger partial charge in [-0.05, 0) is 47.9 Å². The lowest BCUT2D eigenvalue weighted by Gasteiger charge is -2.28. The molecule has 0 saturated carbocycles. The maximum absolute atomic E-state index is 12.2. The zero-order valence-corrected chi connectivity index (χ0v) is 15.3. The van der Waals surface area contributed by atoms with Crippen molar-refractivity contribution in [3.63, 3.8) is 0 Å². The van der Waals surface area contributed by atoms with Gasteiger partial charge in [0.05, 0.1) is 12.8 Å². The summed E-state index contributed by atoms with van der Waals surface area (Å²) >= 11 is 0. The summed E-state index contributed by atoms with van der Waals surface area (Å²) in [6.07, 6.45) is 2.84. The average molecular weight is 365 g/mol. The lowest BCUT2D eigenvalue weighted by molar-refractivity contribution is -0.137. The van der Waals surface area contributed by atoms with Gasteiger partial charge in [0.15, 0.2) is 0 Å². The van der Waals surface area contributed by atoms with Crippen molar-refractivity contribution < 1.29 is 14.3 Å². The van der Waals surface area contributed by atoms with Crippen LogP contribution in [-0.4, -0.2) is 37.0 Å². The Morgan fingerprint density at radius 1 is 1.15 bits per heavy atom. The quantitative estimate of drug-likeness (QED) is 0.789. The zero-order valence-electron chi connectivity index (χ0n) is 15.3. The van der Waals surface area contributed by atoms with Gasteiger partial charge in [-0.2, -0.15) is 0 Å². The molecule has 2 amide bonds. The van der Waals surface area contributed by atoms with E-state index in [-0.39, 0.29) is 24.8 Å². The van der Waals surface area contributed by atoms with Crippen LogP contribution in [0.1, 0.15) is 17.5 Å². The van der Waals surface area contributed by atoms with Gasteiger partial charge in [-0.3, -0.25) is 15.0 Å². The van der Waals surface area contributed by atoms with E-state index in [2.05, 4.69) is 10.7 Å². The molecule has 0 unspecified atom stereocenters. The second kappa shape index (κ2) is 8.89. The number of rotatable bonds is 7. The molecular weight excluding hydrogens is 342 g/mol. The summed E-state index contributed by atoms with van der Waals surface area (Å²) in [5.41, 5.74) is 5.93. The predicted molar refractivity (Wildman–Crippen MR) is 104 cm³/mol. The molecule has 6 heteroatoms. The number of ether oxygens (including phenoxy) is 1. The first-order valence-electron chi connectivity index (χ1n) is 8.88. The van der Waals surface area contributed by atoms with Gasteiger partial charge >= 0.3 is 0 Å². The van der Waals surface area contributed by atoms with Gasteiger partial charge in [0.2, 0.25) is 11.8 Å². The van der Waals surface area contributed by atoms with Gasteiger partial charge in [0.1, 0.15) is 12.3 Å². The van der Waals surface area contributed by atoms with Crippen molar-refractivity contribution >= 4 is 17.5 Å². The summed E-state index contributed by atoms with van der Waals surface area (Å²) in [6.45, 7) is 0.507. The van der Waals surface area contributed by atoms with Crippen molar-refractivity contribution in [2.45, 2.75) is 12.8 Å². The smallest absolute Gasteiger partial charge is 0.245 e. The molecule has 0 saturated heterocycles. The minimum Gasteiger partial charge on any atom is -0.497 e. The van der Waals surface area contributed by atoms with Gasteiger partial charge < -0.3 is 10.1 Å². The van der Waals surface area contributed by atoms with Crippen LogP contribution in [-0.2, 0) is 16.0 Å². The summed E-state index contributed by atoms with van der Waals surface area (Å²) in [5, 5.41) is 4.22. The van der Waals surface area contributed by atoms with E-state index in [1.165, 1.54) is 5.01 Å². The summed E-state index contributed by atoms with van der Waals surface area (Å²) in [5.74, 6) is 0.439. The molecule has 1 aliphatic heterocycles. The Labute approximate surface area is 158 Å². The van der Waals surface area contributed by atoms with E-state index in [1.807, 2.05) is 60.7 Å². The van der Waals surface area contributed by atoms with E-state index in [9.17, 15) is 9.59 Å². The van der Waals surface area contributed by atoms with E-state index >= 15 is 0 Å². The van der Waals surface area contributed by atoms with Crippen molar-refractivity contribution in [3.8, 4) is 5.75 Å². The third-order valence-electron chi connectivity index (χ3n) is 4.32. The number of methoxy groups -OCH3 is 1. The first kappa shape index (κ1) is 18.5. The van der Waals surface area contributed by atoms with Gasteiger partial charge in [0, 0.05) is 13.0 Å². The summed E-state index contributed by atoms with van der Waals surface area (Å²) in [7, 11) is 1.62. The molecule has 0 radical (unpaired) electrons. The van der Waals surface area contributed by atoms with E-state index in [0.717, 1.165) is 29.0 Å². The first-order chi connectivity index (χ1) is 13.2. The van der Waals surface area contributed by atoms with E-state index in [4.69, 9.17) is 4.74 Å². The van der Waals surface area contributed by atoms with Crippen LogP contribution in [0, 0.1) is 0 Å². The highest BCUT2D eigenvalue weighted by molar-refractivity contribution is 5.88. The molecule has 1 aliphatic rings.